The molecule has 16 heavy (non-hydrogen) atoms. The lowest BCUT2D eigenvalue weighted by Gasteiger charge is -2.42. The Morgan fingerprint density at radius 2 is 1.81 bits per heavy atom. The second-order valence-electron chi connectivity index (χ2n) is 4.98. The second-order valence-corrected chi connectivity index (χ2v) is 4.98. The standard InChI is InChI=1S/C12H18O4/c1-6-9(14)8(7(2)13)10(15)12(3,4)11(6)16-5/h6,8,11H,1-5H3. The first-order chi connectivity index (χ1) is 7.25. The molecule has 0 aliphatic heterocycles. The van der Waals surface area contributed by atoms with Crippen LogP contribution in [0.2, 0.25) is 0 Å². The molecular weight excluding hydrogens is 208 g/mol. The highest BCUT2D eigenvalue weighted by Gasteiger charge is 2.54. The van der Waals surface area contributed by atoms with Gasteiger partial charge in [-0.1, -0.05) is 20.8 Å². The molecule has 3 atom stereocenters. The molecule has 90 valence electrons. The molecule has 4 heteroatoms. The molecule has 0 aromatic heterocycles. The lowest BCUT2D eigenvalue weighted by Crippen LogP contribution is -2.57. The maximum atomic E-state index is 12.1. The summed E-state index contributed by atoms with van der Waals surface area (Å²) in [5.41, 5.74) is -0.793. The van der Waals surface area contributed by atoms with E-state index in [0.717, 1.165) is 0 Å². The van der Waals surface area contributed by atoms with Crippen LogP contribution in [0, 0.1) is 17.3 Å². The van der Waals surface area contributed by atoms with Crippen molar-refractivity contribution in [2.45, 2.75) is 33.8 Å². The summed E-state index contributed by atoms with van der Waals surface area (Å²) in [5, 5.41) is 0. The molecule has 1 saturated carbocycles. The van der Waals surface area contributed by atoms with Crippen molar-refractivity contribution >= 4 is 17.3 Å². The minimum Gasteiger partial charge on any atom is -0.380 e. The van der Waals surface area contributed by atoms with Gasteiger partial charge < -0.3 is 4.74 Å². The van der Waals surface area contributed by atoms with E-state index in [1.807, 2.05) is 0 Å². The Morgan fingerprint density at radius 3 is 2.19 bits per heavy atom. The van der Waals surface area contributed by atoms with Crippen molar-refractivity contribution in [2.75, 3.05) is 7.11 Å². The Bertz CT molecular complexity index is 343. The number of Topliss-reactive ketones (excluding diaryl/α,β-unsaturated/α-hetero) is 3. The van der Waals surface area contributed by atoms with Crippen molar-refractivity contribution in [1.29, 1.82) is 0 Å². The Hall–Kier alpha value is -1.03. The summed E-state index contributed by atoms with van der Waals surface area (Å²) < 4.78 is 5.23. The number of carbonyl (C=O) groups excluding carboxylic acids is 3. The molecule has 0 N–H and O–H groups in total. The van der Waals surface area contributed by atoms with Gasteiger partial charge in [-0.25, -0.2) is 0 Å². The zero-order valence-electron chi connectivity index (χ0n) is 10.4. The van der Waals surface area contributed by atoms with Gasteiger partial charge in [-0.3, -0.25) is 14.4 Å². The molecule has 0 bridgehead atoms. The van der Waals surface area contributed by atoms with E-state index in [1.54, 1.807) is 20.8 Å². The van der Waals surface area contributed by atoms with E-state index < -0.39 is 23.4 Å². The number of carbonyl (C=O) groups is 3. The third kappa shape index (κ3) is 1.71. The monoisotopic (exact) mass is 226 g/mol. The molecule has 0 saturated heterocycles. The van der Waals surface area contributed by atoms with Crippen LogP contribution in [0.25, 0.3) is 0 Å². The first kappa shape index (κ1) is 13.0. The van der Waals surface area contributed by atoms with Gasteiger partial charge in [-0.15, -0.1) is 0 Å². The van der Waals surface area contributed by atoms with Crippen molar-refractivity contribution in [3.05, 3.63) is 0 Å². The van der Waals surface area contributed by atoms with Crippen molar-refractivity contribution in [2.24, 2.45) is 17.3 Å². The van der Waals surface area contributed by atoms with E-state index in [4.69, 9.17) is 4.74 Å². The Kier molecular flexibility index (Phi) is 3.33. The maximum absolute atomic E-state index is 12.1. The lowest BCUT2D eigenvalue weighted by atomic mass is 9.63. The molecular formula is C12H18O4. The van der Waals surface area contributed by atoms with Crippen LogP contribution in [0.4, 0.5) is 0 Å². The summed E-state index contributed by atoms with van der Waals surface area (Å²) in [6.45, 7) is 6.45. The van der Waals surface area contributed by atoms with E-state index in [1.165, 1.54) is 14.0 Å². The first-order valence-corrected chi connectivity index (χ1v) is 5.36. The van der Waals surface area contributed by atoms with Crippen LogP contribution in [0.15, 0.2) is 0 Å². The number of hydrogen-bond acceptors (Lipinski definition) is 4. The molecule has 1 aliphatic rings. The summed E-state index contributed by atoms with van der Waals surface area (Å²) in [4.78, 5) is 35.4. The van der Waals surface area contributed by atoms with E-state index in [-0.39, 0.29) is 17.3 Å². The maximum Gasteiger partial charge on any atom is 0.158 e. The average Bonchev–Trinajstić information content (AvgIpc) is 2.15. The number of ketones is 3. The molecule has 0 aromatic carbocycles. The van der Waals surface area contributed by atoms with E-state index in [9.17, 15) is 14.4 Å². The van der Waals surface area contributed by atoms with Crippen LogP contribution in [0.1, 0.15) is 27.7 Å². The topological polar surface area (TPSA) is 60.4 Å². The fraction of sp³-hybridized carbons (Fsp3) is 0.750. The zero-order valence-corrected chi connectivity index (χ0v) is 10.4. The fourth-order valence-corrected chi connectivity index (χ4v) is 2.56. The Balaban J connectivity index is 3.21. The molecule has 1 rings (SSSR count). The third-order valence-electron chi connectivity index (χ3n) is 3.46. The van der Waals surface area contributed by atoms with Gasteiger partial charge in [0.25, 0.3) is 0 Å². The zero-order chi connectivity index (χ0) is 12.7. The smallest absolute Gasteiger partial charge is 0.158 e. The van der Waals surface area contributed by atoms with Crippen molar-refractivity contribution in [3.8, 4) is 0 Å². The average molecular weight is 226 g/mol. The molecule has 4 nitrogen and oxygen atoms in total. The molecule has 1 aliphatic carbocycles. The van der Waals surface area contributed by atoms with Crippen molar-refractivity contribution in [3.63, 3.8) is 0 Å². The second kappa shape index (κ2) is 4.09. The summed E-state index contributed by atoms with van der Waals surface area (Å²) in [7, 11) is 1.48. The molecule has 0 amide bonds. The third-order valence-corrected chi connectivity index (χ3v) is 3.46. The van der Waals surface area contributed by atoms with Crippen LogP contribution < -0.4 is 0 Å². The van der Waals surface area contributed by atoms with E-state index in [2.05, 4.69) is 0 Å². The van der Waals surface area contributed by atoms with Gasteiger partial charge in [-0.05, 0) is 6.92 Å². The minimum atomic E-state index is -1.10. The first-order valence-electron chi connectivity index (χ1n) is 5.36. The van der Waals surface area contributed by atoms with Crippen LogP contribution in [0.3, 0.4) is 0 Å². The predicted octanol–water partition coefficient (Wildman–Crippen LogP) is 1.02. The van der Waals surface area contributed by atoms with Gasteiger partial charge in [0.2, 0.25) is 0 Å². The number of ether oxygens (including phenoxy) is 1. The van der Waals surface area contributed by atoms with Gasteiger partial charge >= 0.3 is 0 Å². The molecule has 1 fully saturated rings. The Labute approximate surface area is 95.3 Å². The van der Waals surface area contributed by atoms with Gasteiger partial charge in [-0.2, -0.15) is 0 Å². The van der Waals surface area contributed by atoms with E-state index >= 15 is 0 Å². The minimum absolute atomic E-state index is 0.316. The highest BCUT2D eigenvalue weighted by molar-refractivity contribution is 6.22. The number of rotatable bonds is 2. The molecule has 0 aromatic rings. The molecule has 0 heterocycles. The molecule has 0 spiro atoms. The van der Waals surface area contributed by atoms with Crippen LogP contribution in [0.5, 0.6) is 0 Å². The summed E-state index contributed by atoms with van der Waals surface area (Å²) >= 11 is 0. The SMILES string of the molecule is COC1C(C)C(=O)C(C(C)=O)C(=O)C1(C)C. The summed E-state index contributed by atoms with van der Waals surface area (Å²) in [6, 6.07) is 0. The van der Waals surface area contributed by atoms with Crippen LogP contribution in [-0.4, -0.2) is 30.6 Å². The number of hydrogen-bond donors (Lipinski definition) is 0. The lowest BCUT2D eigenvalue weighted by molar-refractivity contribution is -0.162. The summed E-state index contributed by atoms with van der Waals surface area (Å²) in [6.07, 6.45) is -0.455. The fourth-order valence-electron chi connectivity index (χ4n) is 2.56. The van der Waals surface area contributed by atoms with Crippen LogP contribution in [-0.2, 0) is 19.1 Å². The van der Waals surface area contributed by atoms with Crippen molar-refractivity contribution in [1.82, 2.24) is 0 Å². The normalized spacial score (nSPS) is 33.9. The Morgan fingerprint density at radius 1 is 1.31 bits per heavy atom. The van der Waals surface area contributed by atoms with E-state index in [0.29, 0.717) is 0 Å². The number of methoxy groups -OCH3 is 1. The molecule has 0 radical (unpaired) electrons. The van der Waals surface area contributed by atoms with Gasteiger partial charge in [0.15, 0.2) is 11.6 Å². The predicted molar refractivity (Wildman–Crippen MR) is 57.9 cm³/mol. The largest absolute Gasteiger partial charge is 0.380 e. The van der Waals surface area contributed by atoms with Crippen molar-refractivity contribution < 1.29 is 19.1 Å². The van der Waals surface area contributed by atoms with Gasteiger partial charge in [0.05, 0.1) is 11.5 Å². The molecule has 3 unspecified atom stereocenters. The quantitative estimate of drug-likeness (QED) is 0.659. The van der Waals surface area contributed by atoms with Gasteiger partial charge in [0, 0.05) is 13.0 Å². The van der Waals surface area contributed by atoms with Gasteiger partial charge in [0.1, 0.15) is 11.7 Å². The highest BCUT2D eigenvalue weighted by Crippen LogP contribution is 2.39. The summed E-state index contributed by atoms with van der Waals surface area (Å²) in [5.74, 6) is -2.54. The highest BCUT2D eigenvalue weighted by atomic mass is 16.5. The van der Waals surface area contributed by atoms with Crippen LogP contribution >= 0.6 is 0 Å².